The normalized spacial score (nSPS) is 29.7. The quantitative estimate of drug-likeness (QED) is 0.522. The number of aryl methyl sites for hydroxylation is 1. The van der Waals surface area contributed by atoms with Crippen molar-refractivity contribution in [2.45, 2.75) is 88.0 Å². The summed E-state index contributed by atoms with van der Waals surface area (Å²) in [6.45, 7) is 5.96. The molecule has 246 valence electrons. The molecule has 1 aromatic carbocycles. The van der Waals surface area contributed by atoms with E-state index in [0.717, 1.165) is 54.4 Å². The first-order valence-electron chi connectivity index (χ1n) is 16.9. The van der Waals surface area contributed by atoms with Crippen LogP contribution >= 0.6 is 11.3 Å². The van der Waals surface area contributed by atoms with Gasteiger partial charge in [-0.25, -0.2) is 4.98 Å². The number of hydrogen-bond acceptors (Lipinski definition) is 8. The van der Waals surface area contributed by atoms with E-state index in [1.54, 1.807) is 33.3 Å². The molecule has 0 radical (unpaired) electrons. The number of benzene rings is 1. The topological polar surface area (TPSA) is 118 Å². The molecule has 1 aromatic heterocycles. The number of likely N-dealkylation sites (tertiary alicyclic amines) is 2. The first-order chi connectivity index (χ1) is 22.2. The van der Waals surface area contributed by atoms with Crippen LogP contribution in [0, 0.1) is 6.92 Å². The lowest BCUT2D eigenvalue weighted by molar-refractivity contribution is -0.146. The van der Waals surface area contributed by atoms with Gasteiger partial charge in [-0.3, -0.25) is 19.2 Å². The average Bonchev–Trinajstić information content (AvgIpc) is 3.78. The third-order valence-electron chi connectivity index (χ3n) is 10.7. The smallest absolute Gasteiger partial charge is 0.254 e. The molecule has 4 atom stereocenters. The van der Waals surface area contributed by atoms with E-state index in [-0.39, 0.29) is 54.6 Å². The minimum absolute atomic E-state index is 0.00123. The van der Waals surface area contributed by atoms with Crippen molar-refractivity contribution in [3.8, 4) is 0 Å². The van der Waals surface area contributed by atoms with Crippen molar-refractivity contribution >= 4 is 35.0 Å². The first-order valence-corrected chi connectivity index (χ1v) is 17.7. The van der Waals surface area contributed by atoms with E-state index in [2.05, 4.69) is 22.6 Å². The molecule has 4 amide bonds. The Labute approximate surface area is 274 Å². The molecule has 6 aliphatic rings. The van der Waals surface area contributed by atoms with Crippen molar-refractivity contribution in [1.82, 2.24) is 35.2 Å². The fourth-order valence-electron chi connectivity index (χ4n) is 8.06. The van der Waals surface area contributed by atoms with Gasteiger partial charge in [-0.2, -0.15) is 0 Å². The van der Waals surface area contributed by atoms with Gasteiger partial charge in [0.15, 0.2) is 0 Å². The Morgan fingerprint density at radius 1 is 0.913 bits per heavy atom. The Balaban J connectivity index is 1.20. The molecule has 0 spiro atoms. The number of hydrogen-bond donors (Lipinski definition) is 2. The van der Waals surface area contributed by atoms with Gasteiger partial charge >= 0.3 is 0 Å². The van der Waals surface area contributed by atoms with Gasteiger partial charge in [-0.15, -0.1) is 11.3 Å². The lowest BCUT2D eigenvalue weighted by atomic mass is 9.96. The largest absolute Gasteiger partial charge is 0.351 e. The van der Waals surface area contributed by atoms with Crippen LogP contribution in [0.2, 0.25) is 0 Å². The van der Waals surface area contributed by atoms with Gasteiger partial charge in [-0.1, -0.05) is 18.2 Å². The third kappa shape index (κ3) is 6.31. The van der Waals surface area contributed by atoms with E-state index >= 15 is 0 Å². The number of thiazole rings is 1. The second-order valence-corrected chi connectivity index (χ2v) is 15.1. The van der Waals surface area contributed by atoms with E-state index in [9.17, 15) is 19.2 Å². The molecule has 2 N–H and O–H groups in total. The molecule has 7 heterocycles. The Hall–Kier alpha value is -3.35. The molecular formula is C34H45N7O4S. The molecule has 0 aliphatic carbocycles. The highest BCUT2D eigenvalue weighted by Gasteiger charge is 2.49. The van der Waals surface area contributed by atoms with E-state index in [1.807, 2.05) is 30.0 Å². The standard InChI is InChI=1S/C34H45N7O4S/c1-21-27-18-30(42)36-26-17-29(40(20-26)32(43)23-6-4-3-5-7-23)34(45)41-19-25(35-24-10-12-38(2)13-11-24)16-28(41)33(44)39-14-8-22(9-15-39)31(37-27)46-21/h3-7,22,24-26,28-29,35H,8-20H2,1-2H3,(H,36,42)/t25-,26+,28-,29-/m0/s1. The summed E-state index contributed by atoms with van der Waals surface area (Å²) in [5, 5.41) is 7.96. The number of carbonyl (C=O) groups is 4. The van der Waals surface area contributed by atoms with Gasteiger partial charge in [0.25, 0.3) is 5.91 Å². The summed E-state index contributed by atoms with van der Waals surface area (Å²) in [4.78, 5) is 69.7. The SMILES string of the molecule is Cc1sc2nc1CC(=O)N[C@@H]1C[C@@H](C(=O)N3C[C@@H](NC4CCN(C)CC4)C[C@H]3C(=O)N3CCC2CC3)N(C(=O)c2ccccc2)C1. The summed E-state index contributed by atoms with van der Waals surface area (Å²) in [5.74, 6) is -0.334. The molecule has 4 saturated heterocycles. The summed E-state index contributed by atoms with van der Waals surface area (Å²) >= 11 is 1.66. The second-order valence-electron chi connectivity index (χ2n) is 13.9. The van der Waals surface area contributed by atoms with Crippen LogP contribution in [0.5, 0.6) is 0 Å². The molecule has 0 saturated carbocycles. The number of piperidine rings is 2. The van der Waals surface area contributed by atoms with Crippen LogP contribution < -0.4 is 10.6 Å². The highest BCUT2D eigenvalue weighted by molar-refractivity contribution is 7.11. The summed E-state index contributed by atoms with van der Waals surface area (Å²) in [6.07, 6.45) is 4.73. The zero-order valence-electron chi connectivity index (χ0n) is 26.8. The number of fused-ring (bicyclic) bond motifs is 4. The van der Waals surface area contributed by atoms with E-state index in [1.165, 1.54) is 0 Å². The molecule has 4 fully saturated rings. The summed E-state index contributed by atoms with van der Waals surface area (Å²) in [7, 11) is 2.14. The van der Waals surface area contributed by atoms with Gasteiger partial charge < -0.3 is 30.2 Å². The molecule has 6 bridgehead atoms. The maximum atomic E-state index is 14.6. The van der Waals surface area contributed by atoms with Crippen LogP contribution in [0.25, 0.3) is 0 Å². The van der Waals surface area contributed by atoms with Crippen molar-refractivity contribution in [2.75, 3.05) is 46.3 Å². The van der Waals surface area contributed by atoms with Gasteiger partial charge in [0, 0.05) is 60.7 Å². The fourth-order valence-corrected chi connectivity index (χ4v) is 9.16. The van der Waals surface area contributed by atoms with Crippen molar-refractivity contribution in [3.63, 3.8) is 0 Å². The highest BCUT2D eigenvalue weighted by Crippen LogP contribution is 2.35. The zero-order valence-corrected chi connectivity index (χ0v) is 27.6. The van der Waals surface area contributed by atoms with Crippen LogP contribution in [0.1, 0.15) is 70.4 Å². The van der Waals surface area contributed by atoms with Crippen molar-refractivity contribution in [2.24, 2.45) is 0 Å². The van der Waals surface area contributed by atoms with E-state index < -0.39 is 12.1 Å². The fraction of sp³-hybridized carbons (Fsp3) is 0.618. The van der Waals surface area contributed by atoms with Gasteiger partial charge in [0.1, 0.15) is 12.1 Å². The van der Waals surface area contributed by atoms with E-state index in [0.29, 0.717) is 44.1 Å². The summed E-state index contributed by atoms with van der Waals surface area (Å²) in [6, 6.07) is 7.60. The van der Waals surface area contributed by atoms with Gasteiger partial charge in [0.05, 0.1) is 17.1 Å². The lowest BCUT2D eigenvalue weighted by Crippen LogP contribution is -2.54. The van der Waals surface area contributed by atoms with Crippen LogP contribution in [-0.4, -0.2) is 125 Å². The lowest BCUT2D eigenvalue weighted by Gasteiger charge is -2.36. The maximum absolute atomic E-state index is 14.6. The van der Waals surface area contributed by atoms with Crippen LogP contribution in [0.3, 0.4) is 0 Å². The summed E-state index contributed by atoms with van der Waals surface area (Å²) in [5.41, 5.74) is 1.28. The predicted octanol–water partition coefficient (Wildman–Crippen LogP) is 1.77. The van der Waals surface area contributed by atoms with Gasteiger partial charge in [0.2, 0.25) is 17.7 Å². The number of amides is 4. The molecule has 0 unspecified atom stereocenters. The molecule has 12 heteroatoms. The monoisotopic (exact) mass is 647 g/mol. The predicted molar refractivity (Wildman–Crippen MR) is 174 cm³/mol. The summed E-state index contributed by atoms with van der Waals surface area (Å²) < 4.78 is 0. The Bertz CT molecular complexity index is 1470. The number of nitrogens with one attached hydrogen (secondary N) is 2. The van der Waals surface area contributed by atoms with Crippen molar-refractivity contribution < 1.29 is 19.2 Å². The Morgan fingerprint density at radius 3 is 2.39 bits per heavy atom. The van der Waals surface area contributed by atoms with Crippen LogP contribution in [0.15, 0.2) is 30.3 Å². The Morgan fingerprint density at radius 2 is 1.65 bits per heavy atom. The molecule has 2 aromatic rings. The van der Waals surface area contributed by atoms with E-state index in [4.69, 9.17) is 4.98 Å². The van der Waals surface area contributed by atoms with Crippen molar-refractivity contribution in [1.29, 1.82) is 0 Å². The number of carbonyl (C=O) groups excluding carboxylic acids is 4. The molecule has 6 aliphatic heterocycles. The molecular weight excluding hydrogens is 602 g/mol. The Kier molecular flexibility index (Phi) is 8.86. The second kappa shape index (κ2) is 13.0. The zero-order chi connectivity index (χ0) is 31.9. The average molecular weight is 648 g/mol. The van der Waals surface area contributed by atoms with Crippen LogP contribution in [-0.2, 0) is 20.8 Å². The highest BCUT2D eigenvalue weighted by atomic mass is 32.1. The third-order valence-corrected chi connectivity index (χ3v) is 11.9. The molecule has 8 rings (SSSR count). The first kappa shape index (κ1) is 31.3. The molecule has 46 heavy (non-hydrogen) atoms. The number of nitrogens with zero attached hydrogens (tertiary/aromatic N) is 5. The minimum Gasteiger partial charge on any atom is -0.351 e. The van der Waals surface area contributed by atoms with Crippen molar-refractivity contribution in [3.05, 3.63) is 51.5 Å². The minimum atomic E-state index is -0.774. The maximum Gasteiger partial charge on any atom is 0.254 e. The number of rotatable bonds is 3. The number of aromatic nitrogens is 1. The van der Waals surface area contributed by atoms with Crippen LogP contribution in [0.4, 0.5) is 0 Å². The molecule has 11 nitrogen and oxygen atoms in total. The van der Waals surface area contributed by atoms with Gasteiger partial charge in [-0.05, 0) is 77.7 Å².